The number of rotatable bonds is 6. The fourth-order valence-corrected chi connectivity index (χ4v) is 2.83. The van der Waals surface area contributed by atoms with Crippen LogP contribution in [0.2, 0.25) is 0 Å². The number of morpholine rings is 1. The molecule has 1 aromatic rings. The van der Waals surface area contributed by atoms with E-state index in [9.17, 15) is 9.00 Å². The monoisotopic (exact) mass is 338 g/mol. The Morgan fingerprint density at radius 3 is 2.87 bits per heavy atom. The van der Waals surface area contributed by atoms with Crippen LogP contribution in [0.1, 0.15) is 18.9 Å². The van der Waals surface area contributed by atoms with Crippen LogP contribution in [0.5, 0.6) is 0 Å². The van der Waals surface area contributed by atoms with Gasteiger partial charge in [-0.25, -0.2) is 4.79 Å². The number of urea groups is 1. The van der Waals surface area contributed by atoms with Crippen molar-refractivity contribution in [3.8, 4) is 0 Å². The predicted octanol–water partition coefficient (Wildman–Crippen LogP) is 1.80. The van der Waals surface area contributed by atoms with E-state index in [4.69, 9.17) is 4.74 Å². The summed E-state index contributed by atoms with van der Waals surface area (Å²) in [5.74, 6) is 0. The van der Waals surface area contributed by atoms with Gasteiger partial charge in [0.15, 0.2) is 0 Å². The van der Waals surface area contributed by atoms with Crippen LogP contribution < -0.4 is 5.32 Å². The van der Waals surface area contributed by atoms with Crippen LogP contribution in [0.3, 0.4) is 0 Å². The molecule has 23 heavy (non-hydrogen) atoms. The Labute approximate surface area is 140 Å². The zero-order valence-electron chi connectivity index (χ0n) is 13.9. The van der Waals surface area contributed by atoms with Gasteiger partial charge in [-0.2, -0.15) is 0 Å². The Balaban J connectivity index is 1.76. The molecule has 1 fully saturated rings. The number of benzene rings is 1. The van der Waals surface area contributed by atoms with Crippen molar-refractivity contribution >= 4 is 16.8 Å². The first-order valence-corrected chi connectivity index (χ1v) is 9.69. The van der Waals surface area contributed by atoms with Gasteiger partial charge in [0.05, 0.1) is 12.7 Å². The Hall–Kier alpha value is -1.40. The first-order chi connectivity index (χ1) is 11.1. The SMILES string of the molecule is C[C@H](CNC(=O)N1CCO[C@H](CCc2ccccc2)C1)[S@@](C)=O. The normalized spacial score (nSPS) is 20.8. The van der Waals surface area contributed by atoms with Gasteiger partial charge in [0.2, 0.25) is 0 Å². The molecule has 3 atom stereocenters. The quantitative estimate of drug-likeness (QED) is 0.860. The van der Waals surface area contributed by atoms with Crippen LogP contribution in [-0.4, -0.2) is 59.0 Å². The molecular weight excluding hydrogens is 312 g/mol. The number of amides is 2. The molecule has 0 unspecified atom stereocenters. The molecule has 1 aliphatic rings. The minimum Gasteiger partial charge on any atom is -0.375 e. The third-order valence-electron chi connectivity index (χ3n) is 4.13. The molecule has 128 valence electrons. The van der Waals surface area contributed by atoms with Crippen molar-refractivity contribution in [2.75, 3.05) is 32.5 Å². The van der Waals surface area contributed by atoms with Crippen LogP contribution in [0.4, 0.5) is 4.79 Å². The van der Waals surface area contributed by atoms with Gasteiger partial charge in [0.25, 0.3) is 0 Å². The summed E-state index contributed by atoms with van der Waals surface area (Å²) >= 11 is 0. The van der Waals surface area contributed by atoms with Crippen LogP contribution in [0, 0.1) is 0 Å². The molecule has 2 amide bonds. The highest BCUT2D eigenvalue weighted by molar-refractivity contribution is 7.84. The molecule has 1 saturated heterocycles. The summed E-state index contributed by atoms with van der Waals surface area (Å²) in [7, 11) is -0.921. The van der Waals surface area contributed by atoms with Crippen LogP contribution in [0.25, 0.3) is 0 Å². The maximum Gasteiger partial charge on any atom is 0.317 e. The first kappa shape index (κ1) is 17.9. The molecular formula is C17H26N2O3S. The predicted molar refractivity (Wildman–Crippen MR) is 93.0 cm³/mol. The Kier molecular flexibility index (Phi) is 7.05. The second kappa shape index (κ2) is 9.03. The van der Waals surface area contributed by atoms with Crippen molar-refractivity contribution in [2.45, 2.75) is 31.1 Å². The fraction of sp³-hybridized carbons (Fsp3) is 0.588. The molecule has 5 nitrogen and oxygen atoms in total. The van der Waals surface area contributed by atoms with E-state index < -0.39 is 10.8 Å². The molecule has 2 rings (SSSR count). The molecule has 0 spiro atoms. The molecule has 0 bridgehead atoms. The maximum absolute atomic E-state index is 12.2. The number of nitrogens with one attached hydrogen (secondary N) is 1. The lowest BCUT2D eigenvalue weighted by molar-refractivity contribution is -0.0175. The van der Waals surface area contributed by atoms with Crippen molar-refractivity contribution in [1.82, 2.24) is 10.2 Å². The van der Waals surface area contributed by atoms with Gasteiger partial charge in [-0.15, -0.1) is 0 Å². The topological polar surface area (TPSA) is 58.6 Å². The lowest BCUT2D eigenvalue weighted by atomic mass is 10.1. The summed E-state index contributed by atoms with van der Waals surface area (Å²) in [5, 5.41) is 2.83. The van der Waals surface area contributed by atoms with Crippen molar-refractivity contribution < 1.29 is 13.7 Å². The first-order valence-electron chi connectivity index (χ1n) is 8.07. The number of aryl methyl sites for hydroxylation is 1. The Morgan fingerprint density at radius 2 is 2.17 bits per heavy atom. The van der Waals surface area contributed by atoms with Crippen molar-refractivity contribution in [2.24, 2.45) is 0 Å². The van der Waals surface area contributed by atoms with Crippen LogP contribution in [0.15, 0.2) is 30.3 Å². The third kappa shape index (κ3) is 5.95. The zero-order valence-corrected chi connectivity index (χ0v) is 14.7. The molecule has 1 N–H and O–H groups in total. The Bertz CT molecular complexity index is 524. The van der Waals surface area contributed by atoms with Crippen LogP contribution in [-0.2, 0) is 22.0 Å². The fourth-order valence-electron chi connectivity index (χ4n) is 2.51. The van der Waals surface area contributed by atoms with Crippen molar-refractivity contribution in [1.29, 1.82) is 0 Å². The van der Waals surface area contributed by atoms with E-state index in [0.717, 1.165) is 12.8 Å². The van der Waals surface area contributed by atoms with Crippen molar-refractivity contribution in [3.05, 3.63) is 35.9 Å². The van der Waals surface area contributed by atoms with E-state index in [-0.39, 0.29) is 17.4 Å². The molecule has 0 radical (unpaired) electrons. The summed E-state index contributed by atoms with van der Waals surface area (Å²) in [5.41, 5.74) is 1.29. The van der Waals surface area contributed by atoms with Gasteiger partial charge in [-0.1, -0.05) is 30.3 Å². The number of hydrogen-bond donors (Lipinski definition) is 1. The minimum atomic E-state index is -0.921. The van der Waals surface area contributed by atoms with Gasteiger partial charge in [-0.3, -0.25) is 4.21 Å². The van der Waals surface area contributed by atoms with E-state index in [1.54, 1.807) is 11.2 Å². The van der Waals surface area contributed by atoms with Crippen LogP contribution >= 0.6 is 0 Å². The second-order valence-electron chi connectivity index (χ2n) is 5.96. The molecule has 1 aromatic carbocycles. The van der Waals surface area contributed by atoms with E-state index in [1.807, 2.05) is 25.1 Å². The maximum atomic E-state index is 12.2. The lowest BCUT2D eigenvalue weighted by Gasteiger charge is -2.33. The van der Waals surface area contributed by atoms with E-state index in [0.29, 0.717) is 26.2 Å². The summed E-state index contributed by atoms with van der Waals surface area (Å²) < 4.78 is 17.1. The lowest BCUT2D eigenvalue weighted by Crippen LogP contribution is -2.50. The number of carbonyl (C=O) groups is 1. The smallest absolute Gasteiger partial charge is 0.317 e. The number of carbonyl (C=O) groups excluding carboxylic acids is 1. The molecule has 1 aliphatic heterocycles. The third-order valence-corrected chi connectivity index (χ3v) is 5.43. The molecule has 0 saturated carbocycles. The molecule has 6 heteroatoms. The molecule has 0 aromatic heterocycles. The van der Waals surface area contributed by atoms with Gasteiger partial charge < -0.3 is 15.0 Å². The summed E-state index contributed by atoms with van der Waals surface area (Å²) in [4.78, 5) is 14.0. The van der Waals surface area contributed by atoms with Gasteiger partial charge in [0.1, 0.15) is 0 Å². The minimum absolute atomic E-state index is 0.0335. The number of ether oxygens (including phenoxy) is 1. The largest absolute Gasteiger partial charge is 0.375 e. The van der Waals surface area contributed by atoms with E-state index in [2.05, 4.69) is 17.4 Å². The standard InChI is InChI=1S/C17H26N2O3S/c1-14(23(2)21)12-18-17(20)19-10-11-22-16(13-19)9-8-15-6-4-3-5-7-15/h3-7,14,16H,8-13H2,1-2H3,(H,18,20)/t14-,16-,23-/m1/s1. The highest BCUT2D eigenvalue weighted by Crippen LogP contribution is 2.12. The summed E-state index contributed by atoms with van der Waals surface area (Å²) in [6.07, 6.45) is 3.59. The van der Waals surface area contributed by atoms with Gasteiger partial charge in [0, 0.05) is 41.9 Å². The van der Waals surface area contributed by atoms with Gasteiger partial charge >= 0.3 is 6.03 Å². The second-order valence-corrected chi connectivity index (χ2v) is 7.76. The molecule has 0 aliphatic carbocycles. The molecule has 1 heterocycles. The number of nitrogens with zero attached hydrogens (tertiary/aromatic N) is 1. The Morgan fingerprint density at radius 1 is 1.43 bits per heavy atom. The average Bonchev–Trinajstić information content (AvgIpc) is 2.58. The highest BCUT2D eigenvalue weighted by Gasteiger charge is 2.24. The summed E-state index contributed by atoms with van der Waals surface area (Å²) in [6, 6.07) is 10.2. The zero-order chi connectivity index (χ0) is 16.7. The average molecular weight is 338 g/mol. The highest BCUT2D eigenvalue weighted by atomic mass is 32.2. The van der Waals surface area contributed by atoms with Crippen molar-refractivity contribution in [3.63, 3.8) is 0 Å². The van der Waals surface area contributed by atoms with E-state index in [1.165, 1.54) is 5.56 Å². The number of hydrogen-bond acceptors (Lipinski definition) is 3. The van der Waals surface area contributed by atoms with Gasteiger partial charge in [-0.05, 0) is 25.3 Å². The van der Waals surface area contributed by atoms with E-state index >= 15 is 0 Å². The summed E-state index contributed by atoms with van der Waals surface area (Å²) in [6.45, 7) is 4.11.